The summed E-state index contributed by atoms with van der Waals surface area (Å²) in [5, 5.41) is 16.2. The molecule has 2 aromatic rings. The maximum Gasteiger partial charge on any atom is 0.238 e. The predicted molar refractivity (Wildman–Crippen MR) is 64.9 cm³/mol. The molecule has 2 rings (SSSR count). The fourth-order valence-electron chi connectivity index (χ4n) is 1.44. The van der Waals surface area contributed by atoms with E-state index in [1.54, 1.807) is 24.3 Å². The highest BCUT2D eigenvalue weighted by Crippen LogP contribution is 2.22. The molecule has 0 amide bonds. The van der Waals surface area contributed by atoms with Crippen molar-refractivity contribution in [3.05, 3.63) is 42.2 Å². The molecule has 18 heavy (non-hydrogen) atoms. The molecule has 0 saturated carbocycles. The molecule has 0 atom stereocenters. The van der Waals surface area contributed by atoms with Gasteiger partial charge in [-0.2, -0.15) is 0 Å². The summed E-state index contributed by atoms with van der Waals surface area (Å²) in [7, 11) is -3.69. The standard InChI is InChI=1S/C11H10N2O4S/c12-18(15,16)10-4-1-8(2-5-10)11-6-3-9(17-11)7-13-14/h1-7,14H,(H2,12,15,16). The van der Waals surface area contributed by atoms with Crippen molar-refractivity contribution in [3.8, 4) is 11.3 Å². The van der Waals surface area contributed by atoms with Gasteiger partial charge in [0.05, 0.1) is 4.90 Å². The largest absolute Gasteiger partial charge is 0.455 e. The summed E-state index contributed by atoms with van der Waals surface area (Å²) in [4.78, 5) is 0.0370. The number of nitrogens with two attached hydrogens (primary N) is 1. The van der Waals surface area contributed by atoms with Crippen molar-refractivity contribution in [2.75, 3.05) is 0 Å². The minimum atomic E-state index is -3.69. The van der Waals surface area contributed by atoms with Crippen LogP contribution in [-0.4, -0.2) is 19.8 Å². The average Bonchev–Trinajstić information content (AvgIpc) is 2.77. The summed E-state index contributed by atoms with van der Waals surface area (Å²) in [5.74, 6) is 0.925. The van der Waals surface area contributed by atoms with Crippen LogP contribution in [0.3, 0.4) is 0 Å². The van der Waals surface area contributed by atoms with Crippen LogP contribution >= 0.6 is 0 Å². The number of primary sulfonamides is 1. The van der Waals surface area contributed by atoms with Crippen LogP contribution in [0.2, 0.25) is 0 Å². The molecule has 0 aliphatic rings. The van der Waals surface area contributed by atoms with Gasteiger partial charge in [-0.1, -0.05) is 5.16 Å². The van der Waals surface area contributed by atoms with Crippen molar-refractivity contribution in [2.24, 2.45) is 10.3 Å². The fraction of sp³-hybridized carbons (Fsp3) is 0. The number of nitrogens with zero attached hydrogens (tertiary/aromatic N) is 1. The topological polar surface area (TPSA) is 106 Å². The number of rotatable bonds is 3. The van der Waals surface area contributed by atoms with Crippen LogP contribution in [0, 0.1) is 0 Å². The van der Waals surface area contributed by atoms with E-state index in [1.807, 2.05) is 0 Å². The van der Waals surface area contributed by atoms with Crippen LogP contribution in [0.5, 0.6) is 0 Å². The van der Waals surface area contributed by atoms with Gasteiger partial charge in [-0.25, -0.2) is 13.6 Å². The number of oxime groups is 1. The van der Waals surface area contributed by atoms with Crippen LogP contribution in [0.1, 0.15) is 5.76 Å². The minimum Gasteiger partial charge on any atom is -0.455 e. The van der Waals surface area contributed by atoms with E-state index in [9.17, 15) is 8.42 Å². The van der Waals surface area contributed by atoms with E-state index in [4.69, 9.17) is 14.8 Å². The lowest BCUT2D eigenvalue weighted by molar-refractivity contribution is 0.321. The lowest BCUT2D eigenvalue weighted by Gasteiger charge is -1.99. The smallest absolute Gasteiger partial charge is 0.238 e. The van der Waals surface area contributed by atoms with Gasteiger partial charge in [-0.15, -0.1) is 0 Å². The lowest BCUT2D eigenvalue weighted by Crippen LogP contribution is -2.11. The van der Waals surface area contributed by atoms with E-state index in [1.165, 1.54) is 12.1 Å². The zero-order chi connectivity index (χ0) is 13.2. The second-order valence-electron chi connectivity index (χ2n) is 3.52. The van der Waals surface area contributed by atoms with Crippen molar-refractivity contribution in [1.82, 2.24) is 0 Å². The highest BCUT2D eigenvalue weighted by atomic mass is 32.2. The molecule has 1 aromatic carbocycles. The molecule has 3 N–H and O–H groups in total. The molecule has 1 aromatic heterocycles. The molecule has 0 saturated heterocycles. The summed E-state index contributed by atoms with van der Waals surface area (Å²) in [5.41, 5.74) is 0.694. The molecule has 0 radical (unpaired) electrons. The van der Waals surface area contributed by atoms with Crippen molar-refractivity contribution in [1.29, 1.82) is 0 Å². The van der Waals surface area contributed by atoms with Crippen LogP contribution in [0.15, 0.2) is 50.9 Å². The van der Waals surface area contributed by atoms with Gasteiger partial charge in [0, 0.05) is 5.56 Å². The third-order valence-electron chi connectivity index (χ3n) is 2.28. The molecule has 1 heterocycles. The average molecular weight is 266 g/mol. The second kappa shape index (κ2) is 4.63. The summed E-state index contributed by atoms with van der Waals surface area (Å²) in [6.45, 7) is 0. The minimum absolute atomic E-state index is 0.0370. The van der Waals surface area contributed by atoms with Crippen molar-refractivity contribution >= 4 is 16.2 Å². The Labute approximate surface area is 103 Å². The molecular formula is C11H10N2O4S. The van der Waals surface area contributed by atoms with Crippen LogP contribution in [-0.2, 0) is 10.0 Å². The van der Waals surface area contributed by atoms with Crippen LogP contribution < -0.4 is 5.14 Å². The fourth-order valence-corrected chi connectivity index (χ4v) is 1.96. The van der Waals surface area contributed by atoms with Gasteiger partial charge in [0.15, 0.2) is 0 Å². The Morgan fingerprint density at radius 3 is 2.39 bits per heavy atom. The molecule has 94 valence electrons. The number of benzene rings is 1. The predicted octanol–water partition coefficient (Wildman–Crippen LogP) is 1.40. The SMILES string of the molecule is NS(=O)(=O)c1ccc(-c2ccc(C=NO)o2)cc1. The Hall–Kier alpha value is -2.12. The number of sulfonamides is 1. The third kappa shape index (κ3) is 2.58. The van der Waals surface area contributed by atoms with Gasteiger partial charge in [-0.05, 0) is 36.4 Å². The quantitative estimate of drug-likeness (QED) is 0.497. The number of furan rings is 1. The summed E-state index contributed by atoms with van der Waals surface area (Å²) < 4.78 is 27.5. The second-order valence-corrected chi connectivity index (χ2v) is 5.08. The Morgan fingerprint density at radius 1 is 1.17 bits per heavy atom. The van der Waals surface area contributed by atoms with Gasteiger partial charge < -0.3 is 9.62 Å². The molecule has 0 bridgehead atoms. The molecule has 0 spiro atoms. The first-order chi connectivity index (χ1) is 8.50. The number of hydrogen-bond donors (Lipinski definition) is 2. The maximum atomic E-state index is 11.1. The third-order valence-corrected chi connectivity index (χ3v) is 3.21. The van der Waals surface area contributed by atoms with E-state index in [0.29, 0.717) is 17.1 Å². The van der Waals surface area contributed by atoms with Gasteiger partial charge in [0.25, 0.3) is 0 Å². The molecular weight excluding hydrogens is 256 g/mol. The zero-order valence-corrected chi connectivity index (χ0v) is 9.96. The molecule has 0 fully saturated rings. The molecule has 0 aliphatic carbocycles. The first kappa shape index (κ1) is 12.3. The summed E-state index contributed by atoms with van der Waals surface area (Å²) >= 11 is 0. The highest BCUT2D eigenvalue weighted by molar-refractivity contribution is 7.89. The molecule has 7 heteroatoms. The van der Waals surface area contributed by atoms with Gasteiger partial charge >= 0.3 is 0 Å². The first-order valence-corrected chi connectivity index (χ1v) is 6.46. The normalized spacial score (nSPS) is 12.1. The summed E-state index contributed by atoms with van der Waals surface area (Å²) in [6.07, 6.45) is 1.15. The van der Waals surface area contributed by atoms with Crippen molar-refractivity contribution in [2.45, 2.75) is 4.90 Å². The van der Waals surface area contributed by atoms with Crippen LogP contribution in [0.4, 0.5) is 0 Å². The van der Waals surface area contributed by atoms with E-state index in [2.05, 4.69) is 5.16 Å². The Kier molecular flexibility index (Phi) is 3.17. The lowest BCUT2D eigenvalue weighted by atomic mass is 10.2. The monoisotopic (exact) mass is 266 g/mol. The van der Waals surface area contributed by atoms with Crippen molar-refractivity contribution in [3.63, 3.8) is 0 Å². The van der Waals surface area contributed by atoms with E-state index >= 15 is 0 Å². The van der Waals surface area contributed by atoms with E-state index in [0.717, 1.165) is 6.21 Å². The molecule has 0 aliphatic heterocycles. The number of hydrogen-bond acceptors (Lipinski definition) is 5. The summed E-state index contributed by atoms with van der Waals surface area (Å²) in [6, 6.07) is 9.27. The van der Waals surface area contributed by atoms with Crippen LogP contribution in [0.25, 0.3) is 11.3 Å². The van der Waals surface area contributed by atoms with E-state index < -0.39 is 10.0 Å². The Balaban J connectivity index is 2.34. The highest BCUT2D eigenvalue weighted by Gasteiger charge is 2.09. The maximum absolute atomic E-state index is 11.1. The Bertz CT molecular complexity index is 671. The van der Waals surface area contributed by atoms with Gasteiger partial charge in [0.2, 0.25) is 10.0 Å². The molecule has 0 unspecified atom stereocenters. The molecule has 6 nitrogen and oxygen atoms in total. The van der Waals surface area contributed by atoms with Crippen molar-refractivity contribution < 1.29 is 18.0 Å². The zero-order valence-electron chi connectivity index (χ0n) is 9.15. The van der Waals surface area contributed by atoms with Gasteiger partial charge in [0.1, 0.15) is 17.7 Å². The Morgan fingerprint density at radius 2 is 1.83 bits per heavy atom. The van der Waals surface area contributed by atoms with Gasteiger partial charge in [-0.3, -0.25) is 0 Å². The first-order valence-electron chi connectivity index (χ1n) is 4.91. The van der Waals surface area contributed by atoms with E-state index in [-0.39, 0.29) is 4.90 Å².